The number of hydrogen-bond acceptors (Lipinski definition) is 5. The van der Waals surface area contributed by atoms with Gasteiger partial charge in [0.05, 0.1) is 16.3 Å². The first kappa shape index (κ1) is 20.2. The summed E-state index contributed by atoms with van der Waals surface area (Å²) in [6.07, 6.45) is 0.179. The molecule has 1 aliphatic heterocycles. The van der Waals surface area contributed by atoms with E-state index in [2.05, 4.69) is 10.3 Å². The molecule has 0 saturated heterocycles. The van der Waals surface area contributed by atoms with E-state index in [1.54, 1.807) is 29.5 Å². The summed E-state index contributed by atoms with van der Waals surface area (Å²) in [6, 6.07) is 22.4. The number of nitrogens with one attached hydrogen (secondary N) is 1. The Morgan fingerprint density at radius 1 is 1.06 bits per heavy atom. The monoisotopic (exact) mass is 440 g/mol. The van der Waals surface area contributed by atoms with Gasteiger partial charge in [0, 0.05) is 28.6 Å². The van der Waals surface area contributed by atoms with Crippen molar-refractivity contribution in [3.8, 4) is 11.3 Å². The standard InChI is InChI=1S/C26H20N2O3S/c1-16-27-23(15-32-16)18-8-5-9-21(13-18)28-25(29)19-10-11-22-20(12-19)14-24(31-26(22)30)17-6-3-2-4-7-17/h2-13,15,24H,14H2,1H3,(H,28,29)/t24-/m1/s1. The minimum absolute atomic E-state index is 0.227. The van der Waals surface area contributed by atoms with Gasteiger partial charge in [-0.1, -0.05) is 42.5 Å². The van der Waals surface area contributed by atoms with Gasteiger partial charge in [-0.05, 0) is 48.4 Å². The third kappa shape index (κ3) is 4.05. The Morgan fingerprint density at radius 2 is 1.91 bits per heavy atom. The first-order valence-electron chi connectivity index (χ1n) is 10.3. The lowest BCUT2D eigenvalue weighted by atomic mass is 9.93. The summed E-state index contributed by atoms with van der Waals surface area (Å²) in [7, 11) is 0. The van der Waals surface area contributed by atoms with Gasteiger partial charge in [-0.25, -0.2) is 9.78 Å². The minimum Gasteiger partial charge on any atom is -0.454 e. The predicted octanol–water partition coefficient (Wildman–Crippen LogP) is 5.83. The van der Waals surface area contributed by atoms with Gasteiger partial charge in [0.25, 0.3) is 5.91 Å². The molecule has 1 atom stereocenters. The van der Waals surface area contributed by atoms with Crippen molar-refractivity contribution in [1.82, 2.24) is 4.98 Å². The van der Waals surface area contributed by atoms with Gasteiger partial charge in [0.1, 0.15) is 6.10 Å². The molecular weight excluding hydrogens is 420 g/mol. The number of esters is 1. The molecule has 1 amide bonds. The molecule has 158 valence electrons. The molecule has 0 aliphatic carbocycles. The van der Waals surface area contributed by atoms with E-state index in [1.807, 2.05) is 66.9 Å². The summed E-state index contributed by atoms with van der Waals surface area (Å²) < 4.78 is 5.61. The van der Waals surface area contributed by atoms with Crippen LogP contribution in [0.4, 0.5) is 5.69 Å². The summed E-state index contributed by atoms with van der Waals surface area (Å²) in [5, 5.41) is 5.95. The average molecular weight is 441 g/mol. The molecule has 3 aromatic carbocycles. The third-order valence-electron chi connectivity index (χ3n) is 5.45. The van der Waals surface area contributed by atoms with Gasteiger partial charge in [0.2, 0.25) is 0 Å². The quantitative estimate of drug-likeness (QED) is 0.406. The van der Waals surface area contributed by atoms with Crippen molar-refractivity contribution in [3.05, 3.63) is 105 Å². The number of carbonyl (C=O) groups is 2. The highest BCUT2D eigenvalue weighted by atomic mass is 32.1. The first-order valence-corrected chi connectivity index (χ1v) is 11.2. The Kier molecular flexibility index (Phi) is 5.29. The van der Waals surface area contributed by atoms with Crippen LogP contribution in [0.1, 0.15) is 43.0 Å². The van der Waals surface area contributed by atoms with Crippen LogP contribution in [-0.4, -0.2) is 16.9 Å². The number of hydrogen-bond donors (Lipinski definition) is 1. The van der Waals surface area contributed by atoms with E-state index in [4.69, 9.17) is 4.74 Å². The maximum absolute atomic E-state index is 12.9. The zero-order valence-electron chi connectivity index (χ0n) is 17.4. The van der Waals surface area contributed by atoms with Crippen LogP contribution in [0.5, 0.6) is 0 Å². The minimum atomic E-state index is -0.363. The highest BCUT2D eigenvalue weighted by Crippen LogP contribution is 2.31. The van der Waals surface area contributed by atoms with Gasteiger partial charge in [-0.15, -0.1) is 11.3 Å². The topological polar surface area (TPSA) is 68.3 Å². The Hall–Kier alpha value is -3.77. The fourth-order valence-corrected chi connectivity index (χ4v) is 4.47. The van der Waals surface area contributed by atoms with Crippen molar-refractivity contribution in [2.75, 3.05) is 5.32 Å². The molecule has 1 aliphatic rings. The SMILES string of the molecule is Cc1nc(-c2cccc(NC(=O)c3ccc4c(c3)C[C@H](c3ccccc3)OC4=O)c2)cs1. The first-order chi connectivity index (χ1) is 15.6. The summed E-state index contributed by atoms with van der Waals surface area (Å²) >= 11 is 1.59. The maximum atomic E-state index is 12.9. The van der Waals surface area contributed by atoms with Crippen LogP contribution in [-0.2, 0) is 11.2 Å². The van der Waals surface area contributed by atoms with E-state index in [0.29, 0.717) is 23.2 Å². The normalized spacial score (nSPS) is 15.0. The molecule has 0 fully saturated rings. The lowest BCUT2D eigenvalue weighted by molar-refractivity contribution is 0.0252. The Labute approximate surface area is 189 Å². The molecule has 0 spiro atoms. The molecule has 1 aromatic heterocycles. The number of ether oxygens (including phenoxy) is 1. The van der Waals surface area contributed by atoms with Crippen molar-refractivity contribution < 1.29 is 14.3 Å². The van der Waals surface area contributed by atoms with E-state index in [1.165, 1.54) is 0 Å². The lowest BCUT2D eigenvalue weighted by Gasteiger charge is -2.25. The number of anilines is 1. The molecule has 5 rings (SSSR count). The summed E-state index contributed by atoms with van der Waals surface area (Å²) in [4.78, 5) is 29.9. The van der Waals surface area contributed by atoms with E-state index in [9.17, 15) is 9.59 Å². The number of carbonyl (C=O) groups excluding carboxylic acids is 2. The fraction of sp³-hybridized carbons (Fsp3) is 0.115. The second-order valence-electron chi connectivity index (χ2n) is 7.67. The number of nitrogens with zero attached hydrogens (tertiary/aromatic N) is 1. The predicted molar refractivity (Wildman–Crippen MR) is 125 cm³/mol. The van der Waals surface area contributed by atoms with Crippen LogP contribution in [0.25, 0.3) is 11.3 Å². The average Bonchev–Trinajstić information content (AvgIpc) is 3.26. The van der Waals surface area contributed by atoms with Crippen molar-refractivity contribution in [2.45, 2.75) is 19.4 Å². The van der Waals surface area contributed by atoms with Crippen molar-refractivity contribution >= 4 is 28.9 Å². The zero-order valence-corrected chi connectivity index (χ0v) is 18.2. The number of aromatic nitrogens is 1. The van der Waals surface area contributed by atoms with Crippen LogP contribution < -0.4 is 5.32 Å². The molecule has 5 nitrogen and oxygen atoms in total. The maximum Gasteiger partial charge on any atom is 0.339 e. The van der Waals surface area contributed by atoms with E-state index < -0.39 is 0 Å². The smallest absolute Gasteiger partial charge is 0.339 e. The van der Waals surface area contributed by atoms with Crippen molar-refractivity contribution in [3.63, 3.8) is 0 Å². The fourth-order valence-electron chi connectivity index (χ4n) is 3.85. The number of thiazole rings is 1. The van der Waals surface area contributed by atoms with Crippen molar-refractivity contribution in [1.29, 1.82) is 0 Å². The Morgan fingerprint density at radius 3 is 2.69 bits per heavy atom. The molecule has 0 unspecified atom stereocenters. The van der Waals surface area contributed by atoms with Crippen LogP contribution in [0.15, 0.2) is 78.2 Å². The second-order valence-corrected chi connectivity index (χ2v) is 8.73. The second kappa shape index (κ2) is 8.40. The van der Waals surface area contributed by atoms with Gasteiger partial charge in [-0.3, -0.25) is 4.79 Å². The van der Waals surface area contributed by atoms with E-state index in [0.717, 1.165) is 27.4 Å². The zero-order chi connectivity index (χ0) is 22.1. The van der Waals surface area contributed by atoms with Crippen molar-refractivity contribution in [2.24, 2.45) is 0 Å². The van der Waals surface area contributed by atoms with E-state index >= 15 is 0 Å². The molecule has 4 aromatic rings. The molecule has 6 heteroatoms. The molecule has 32 heavy (non-hydrogen) atoms. The number of fused-ring (bicyclic) bond motifs is 1. The summed E-state index contributed by atoms with van der Waals surface area (Å²) in [5.41, 5.74) is 5.30. The van der Waals surface area contributed by atoms with Gasteiger partial charge >= 0.3 is 5.97 Å². The molecular formula is C26H20N2O3S. The molecule has 0 bridgehead atoms. The summed E-state index contributed by atoms with van der Waals surface area (Å²) in [5.74, 6) is -0.590. The number of amides is 1. The largest absolute Gasteiger partial charge is 0.454 e. The molecule has 0 saturated carbocycles. The number of aryl methyl sites for hydroxylation is 1. The highest BCUT2D eigenvalue weighted by Gasteiger charge is 2.28. The van der Waals surface area contributed by atoms with E-state index in [-0.39, 0.29) is 18.0 Å². The van der Waals surface area contributed by atoms with Crippen LogP contribution in [0, 0.1) is 6.92 Å². The van der Waals surface area contributed by atoms with Crippen LogP contribution in [0.2, 0.25) is 0 Å². The summed E-state index contributed by atoms with van der Waals surface area (Å²) in [6.45, 7) is 1.97. The number of cyclic esters (lactones) is 1. The van der Waals surface area contributed by atoms with Gasteiger partial charge in [0.15, 0.2) is 0 Å². The lowest BCUT2D eigenvalue weighted by Crippen LogP contribution is -2.23. The Bertz CT molecular complexity index is 1310. The van der Waals surface area contributed by atoms with Gasteiger partial charge < -0.3 is 10.1 Å². The highest BCUT2D eigenvalue weighted by molar-refractivity contribution is 7.09. The van der Waals surface area contributed by atoms with Gasteiger partial charge in [-0.2, -0.15) is 0 Å². The van der Waals surface area contributed by atoms with Crippen LogP contribution >= 0.6 is 11.3 Å². The molecule has 0 radical (unpaired) electrons. The Balaban J connectivity index is 1.37. The molecule has 2 heterocycles. The number of benzene rings is 3. The molecule has 1 N–H and O–H groups in total. The third-order valence-corrected chi connectivity index (χ3v) is 6.22. The number of rotatable bonds is 4. The van der Waals surface area contributed by atoms with Crippen LogP contribution in [0.3, 0.4) is 0 Å².